The van der Waals surface area contributed by atoms with Crippen LogP contribution >= 0.6 is 0 Å². The number of carbonyl (C=O) groups is 1. The summed E-state index contributed by atoms with van der Waals surface area (Å²) in [5.74, 6) is -0.209. The lowest BCUT2D eigenvalue weighted by molar-refractivity contribution is -0.138. The van der Waals surface area contributed by atoms with E-state index in [1.54, 1.807) is 30.3 Å². The van der Waals surface area contributed by atoms with Crippen LogP contribution in [0.2, 0.25) is 0 Å². The van der Waals surface area contributed by atoms with E-state index in [0.29, 0.717) is 11.4 Å². The third-order valence-electron chi connectivity index (χ3n) is 2.99. The number of amides is 1. The van der Waals surface area contributed by atoms with E-state index in [9.17, 15) is 18.0 Å². The molecule has 0 spiro atoms. The summed E-state index contributed by atoms with van der Waals surface area (Å²) in [6.45, 7) is 1.43. The highest BCUT2D eigenvalue weighted by atomic mass is 19.4. The summed E-state index contributed by atoms with van der Waals surface area (Å²) in [6.07, 6.45) is -4.38. The van der Waals surface area contributed by atoms with Gasteiger partial charge in [0.05, 0.1) is 5.56 Å². The number of carbonyl (C=O) groups excluding carboxylic acids is 1. The van der Waals surface area contributed by atoms with Gasteiger partial charge >= 0.3 is 6.18 Å². The highest BCUT2D eigenvalue weighted by Crippen LogP contribution is 2.32. The number of halogens is 3. The van der Waals surface area contributed by atoms with Crippen molar-refractivity contribution in [3.8, 4) is 0 Å². The van der Waals surface area contributed by atoms with Crippen molar-refractivity contribution >= 4 is 17.3 Å². The van der Waals surface area contributed by atoms with Gasteiger partial charge in [-0.05, 0) is 29.8 Å². The van der Waals surface area contributed by atoms with Gasteiger partial charge in [-0.1, -0.05) is 24.3 Å². The monoisotopic (exact) mass is 308 g/mol. The van der Waals surface area contributed by atoms with Crippen molar-refractivity contribution in [3.63, 3.8) is 0 Å². The van der Waals surface area contributed by atoms with Crippen molar-refractivity contribution in [2.24, 2.45) is 0 Å². The molecule has 0 heterocycles. The molecule has 6 heteroatoms. The molecular weight excluding hydrogens is 293 g/mol. The van der Waals surface area contributed by atoms with Crippen LogP contribution < -0.4 is 10.6 Å². The predicted molar refractivity (Wildman–Crippen MR) is 79.5 cm³/mol. The molecule has 2 N–H and O–H groups in total. The minimum Gasteiger partial charge on any atom is -0.381 e. The molecule has 0 aliphatic carbocycles. The molecule has 0 bridgehead atoms. The topological polar surface area (TPSA) is 41.1 Å². The van der Waals surface area contributed by atoms with E-state index in [-0.39, 0.29) is 18.0 Å². The Balaban J connectivity index is 2.12. The summed E-state index contributed by atoms with van der Waals surface area (Å²) in [4.78, 5) is 11.0. The average molecular weight is 308 g/mol. The van der Waals surface area contributed by atoms with Crippen LogP contribution in [0, 0.1) is 0 Å². The Morgan fingerprint density at radius 2 is 1.73 bits per heavy atom. The summed E-state index contributed by atoms with van der Waals surface area (Å²) in [7, 11) is 0. The first-order valence-electron chi connectivity index (χ1n) is 6.63. The number of benzene rings is 2. The van der Waals surface area contributed by atoms with E-state index >= 15 is 0 Å². The van der Waals surface area contributed by atoms with Gasteiger partial charge in [0.1, 0.15) is 0 Å². The average Bonchev–Trinajstić information content (AvgIpc) is 2.44. The normalized spacial score (nSPS) is 11.1. The van der Waals surface area contributed by atoms with Crippen molar-refractivity contribution in [2.45, 2.75) is 19.6 Å². The van der Waals surface area contributed by atoms with E-state index in [4.69, 9.17) is 0 Å². The molecule has 0 aliphatic rings. The molecule has 3 nitrogen and oxygen atoms in total. The van der Waals surface area contributed by atoms with Crippen LogP contribution in [-0.4, -0.2) is 5.91 Å². The lowest BCUT2D eigenvalue weighted by atomic mass is 10.1. The Bertz CT molecular complexity index is 668. The standard InChI is InChI=1S/C16H15F3N2O/c1-11(22)21-14-7-4-6-13(9-14)20-10-12-5-2-3-8-15(12)16(17,18)19/h2-9,20H,10H2,1H3,(H,21,22). The number of hydrogen-bond donors (Lipinski definition) is 2. The summed E-state index contributed by atoms with van der Waals surface area (Å²) < 4.78 is 38.7. The van der Waals surface area contributed by atoms with E-state index in [1.165, 1.54) is 19.1 Å². The Kier molecular flexibility index (Phi) is 4.70. The molecule has 22 heavy (non-hydrogen) atoms. The SMILES string of the molecule is CC(=O)Nc1cccc(NCc2ccccc2C(F)(F)F)c1. The lowest BCUT2D eigenvalue weighted by Crippen LogP contribution is -2.12. The number of anilines is 2. The molecule has 0 saturated carbocycles. The van der Waals surface area contributed by atoms with Crippen LogP contribution in [0.3, 0.4) is 0 Å². The van der Waals surface area contributed by atoms with Gasteiger partial charge in [0, 0.05) is 24.8 Å². The van der Waals surface area contributed by atoms with Gasteiger partial charge in [0.2, 0.25) is 5.91 Å². The Hall–Kier alpha value is -2.50. The molecule has 116 valence electrons. The third kappa shape index (κ3) is 4.25. The number of rotatable bonds is 4. The Labute approximate surface area is 126 Å². The second-order valence-corrected chi connectivity index (χ2v) is 4.77. The second kappa shape index (κ2) is 6.51. The lowest BCUT2D eigenvalue weighted by Gasteiger charge is -2.14. The van der Waals surface area contributed by atoms with Gasteiger partial charge in [-0.2, -0.15) is 13.2 Å². The maximum absolute atomic E-state index is 12.9. The molecule has 0 aliphatic heterocycles. The zero-order valence-corrected chi connectivity index (χ0v) is 11.9. The van der Waals surface area contributed by atoms with Crippen molar-refractivity contribution in [2.75, 3.05) is 10.6 Å². The highest BCUT2D eigenvalue weighted by molar-refractivity contribution is 5.89. The molecular formula is C16H15F3N2O. The fourth-order valence-electron chi connectivity index (χ4n) is 2.06. The molecule has 2 aromatic carbocycles. The van der Waals surface area contributed by atoms with Crippen molar-refractivity contribution in [3.05, 3.63) is 59.7 Å². The summed E-state index contributed by atoms with van der Waals surface area (Å²) >= 11 is 0. The summed E-state index contributed by atoms with van der Waals surface area (Å²) in [5.41, 5.74) is 0.727. The Morgan fingerprint density at radius 3 is 2.41 bits per heavy atom. The smallest absolute Gasteiger partial charge is 0.381 e. The first-order chi connectivity index (χ1) is 10.4. The zero-order chi connectivity index (χ0) is 16.2. The van der Waals surface area contributed by atoms with E-state index in [2.05, 4.69) is 10.6 Å². The van der Waals surface area contributed by atoms with Gasteiger partial charge in [0.15, 0.2) is 0 Å². The van der Waals surface area contributed by atoms with Gasteiger partial charge < -0.3 is 10.6 Å². The minimum atomic E-state index is -4.38. The molecule has 0 radical (unpaired) electrons. The van der Waals surface area contributed by atoms with E-state index < -0.39 is 11.7 Å². The quantitative estimate of drug-likeness (QED) is 0.885. The minimum absolute atomic E-state index is 0.0409. The first-order valence-corrected chi connectivity index (χ1v) is 6.63. The molecule has 0 unspecified atom stereocenters. The summed E-state index contributed by atoms with van der Waals surface area (Å²) in [6, 6.07) is 12.2. The number of nitrogens with one attached hydrogen (secondary N) is 2. The maximum atomic E-state index is 12.9. The molecule has 2 aromatic rings. The van der Waals surface area contributed by atoms with Gasteiger partial charge in [-0.3, -0.25) is 4.79 Å². The largest absolute Gasteiger partial charge is 0.416 e. The van der Waals surface area contributed by atoms with Crippen LogP contribution in [0.4, 0.5) is 24.5 Å². The van der Waals surface area contributed by atoms with Crippen LogP contribution in [0.15, 0.2) is 48.5 Å². The van der Waals surface area contributed by atoms with Gasteiger partial charge in [-0.25, -0.2) is 0 Å². The second-order valence-electron chi connectivity index (χ2n) is 4.77. The van der Waals surface area contributed by atoms with Crippen LogP contribution in [-0.2, 0) is 17.5 Å². The fraction of sp³-hybridized carbons (Fsp3) is 0.188. The van der Waals surface area contributed by atoms with Crippen LogP contribution in [0.5, 0.6) is 0 Å². The van der Waals surface area contributed by atoms with Crippen molar-refractivity contribution < 1.29 is 18.0 Å². The number of alkyl halides is 3. The fourth-order valence-corrected chi connectivity index (χ4v) is 2.06. The van der Waals surface area contributed by atoms with Crippen LogP contribution in [0.25, 0.3) is 0 Å². The molecule has 0 atom stereocenters. The maximum Gasteiger partial charge on any atom is 0.416 e. The van der Waals surface area contributed by atoms with Gasteiger partial charge in [-0.15, -0.1) is 0 Å². The first kappa shape index (κ1) is 15.9. The van der Waals surface area contributed by atoms with Gasteiger partial charge in [0.25, 0.3) is 0 Å². The third-order valence-corrected chi connectivity index (χ3v) is 2.99. The zero-order valence-electron chi connectivity index (χ0n) is 11.9. The predicted octanol–water partition coefficient (Wildman–Crippen LogP) is 4.28. The molecule has 0 fully saturated rings. The van der Waals surface area contributed by atoms with Crippen molar-refractivity contribution in [1.82, 2.24) is 0 Å². The summed E-state index contributed by atoms with van der Waals surface area (Å²) in [5, 5.41) is 5.56. The Morgan fingerprint density at radius 1 is 1.05 bits per heavy atom. The van der Waals surface area contributed by atoms with E-state index in [1.807, 2.05) is 0 Å². The van der Waals surface area contributed by atoms with Crippen LogP contribution in [0.1, 0.15) is 18.1 Å². The molecule has 0 aromatic heterocycles. The molecule has 1 amide bonds. The number of hydrogen-bond acceptors (Lipinski definition) is 2. The molecule has 0 saturated heterocycles. The van der Waals surface area contributed by atoms with E-state index in [0.717, 1.165) is 6.07 Å². The highest BCUT2D eigenvalue weighted by Gasteiger charge is 2.32. The van der Waals surface area contributed by atoms with Crippen molar-refractivity contribution in [1.29, 1.82) is 0 Å². The molecule has 2 rings (SSSR count).